The van der Waals surface area contributed by atoms with Crippen molar-refractivity contribution in [2.24, 2.45) is 5.92 Å². The van der Waals surface area contributed by atoms with Crippen LogP contribution in [0.25, 0.3) is 0 Å². The molecule has 1 rings (SSSR count). The summed E-state index contributed by atoms with van der Waals surface area (Å²) in [5.41, 5.74) is 0. The summed E-state index contributed by atoms with van der Waals surface area (Å²) in [6.07, 6.45) is 1.75. The third kappa shape index (κ3) is 4.35. The number of rotatable bonds is 6. The van der Waals surface area contributed by atoms with E-state index in [1.807, 2.05) is 0 Å². The van der Waals surface area contributed by atoms with Crippen LogP contribution in [-0.4, -0.2) is 22.8 Å². The Kier molecular flexibility index (Phi) is 5.47. The van der Waals surface area contributed by atoms with Gasteiger partial charge in [0.15, 0.2) is 5.82 Å². The van der Waals surface area contributed by atoms with Gasteiger partial charge in [-0.3, -0.25) is 13.9 Å². The van der Waals surface area contributed by atoms with Crippen LogP contribution in [0.3, 0.4) is 0 Å². The first-order valence-corrected chi connectivity index (χ1v) is 5.91. The highest BCUT2D eigenvalue weighted by Crippen LogP contribution is 2.14. The molecular formula is C12H17FN2O4. The molecule has 0 amide bonds. The number of methoxy groups -OCH3 is 1. The standard InChI is InChI=1S/C12H17FN2O4/c1-8(11(16)18-3)4-5-10(13)6-7-15-9(2)14-19-12(15)17/h6,8H,4-5,7H2,1-3H3/t8-/m0/s1. The van der Waals surface area contributed by atoms with Gasteiger partial charge in [0.05, 0.1) is 25.4 Å². The van der Waals surface area contributed by atoms with Gasteiger partial charge >= 0.3 is 11.7 Å². The minimum Gasteiger partial charge on any atom is -0.469 e. The minimum atomic E-state index is -0.621. The molecule has 0 saturated heterocycles. The number of hydrogen-bond acceptors (Lipinski definition) is 5. The molecule has 0 N–H and O–H groups in total. The Morgan fingerprint density at radius 2 is 2.32 bits per heavy atom. The van der Waals surface area contributed by atoms with Gasteiger partial charge in [-0.15, -0.1) is 0 Å². The van der Waals surface area contributed by atoms with E-state index < -0.39 is 5.76 Å². The van der Waals surface area contributed by atoms with Gasteiger partial charge in [-0.1, -0.05) is 12.1 Å². The van der Waals surface area contributed by atoms with Crippen molar-refractivity contribution in [2.45, 2.75) is 33.2 Å². The van der Waals surface area contributed by atoms with E-state index in [4.69, 9.17) is 0 Å². The Labute approximate surface area is 109 Å². The van der Waals surface area contributed by atoms with Gasteiger partial charge in [0, 0.05) is 0 Å². The van der Waals surface area contributed by atoms with Gasteiger partial charge in [0.2, 0.25) is 0 Å². The van der Waals surface area contributed by atoms with E-state index in [9.17, 15) is 14.0 Å². The largest absolute Gasteiger partial charge is 0.469 e. The van der Waals surface area contributed by atoms with E-state index in [-0.39, 0.29) is 30.7 Å². The first-order valence-electron chi connectivity index (χ1n) is 5.91. The molecule has 0 spiro atoms. The van der Waals surface area contributed by atoms with Gasteiger partial charge in [-0.25, -0.2) is 9.18 Å². The fourth-order valence-electron chi connectivity index (χ4n) is 1.51. The van der Waals surface area contributed by atoms with Crippen molar-refractivity contribution in [1.82, 2.24) is 9.72 Å². The van der Waals surface area contributed by atoms with Crippen molar-refractivity contribution in [2.75, 3.05) is 7.11 Å². The predicted molar refractivity (Wildman–Crippen MR) is 65.1 cm³/mol. The summed E-state index contributed by atoms with van der Waals surface area (Å²) in [5, 5.41) is 3.47. The molecule has 1 heterocycles. The zero-order valence-electron chi connectivity index (χ0n) is 11.2. The summed E-state index contributed by atoms with van der Waals surface area (Å²) in [5.74, 6) is -1.34. The molecule has 0 aliphatic carbocycles. The van der Waals surface area contributed by atoms with Crippen molar-refractivity contribution in [1.29, 1.82) is 0 Å². The molecule has 0 radical (unpaired) electrons. The maximum atomic E-state index is 13.5. The van der Waals surface area contributed by atoms with Crippen LogP contribution in [0.15, 0.2) is 21.2 Å². The van der Waals surface area contributed by atoms with Crippen molar-refractivity contribution >= 4 is 5.97 Å². The molecule has 0 unspecified atom stereocenters. The van der Waals surface area contributed by atoms with Crippen LogP contribution in [0.1, 0.15) is 25.6 Å². The van der Waals surface area contributed by atoms with Gasteiger partial charge in [0.1, 0.15) is 0 Å². The Morgan fingerprint density at radius 1 is 1.63 bits per heavy atom. The molecule has 0 bridgehead atoms. The van der Waals surface area contributed by atoms with Gasteiger partial charge in [0.25, 0.3) is 0 Å². The summed E-state index contributed by atoms with van der Waals surface area (Å²) in [6.45, 7) is 3.33. The van der Waals surface area contributed by atoms with Crippen molar-refractivity contribution in [3.05, 3.63) is 28.3 Å². The summed E-state index contributed by atoms with van der Waals surface area (Å²) >= 11 is 0. The highest BCUT2D eigenvalue weighted by Gasteiger charge is 2.13. The molecular weight excluding hydrogens is 255 g/mol. The van der Waals surface area contributed by atoms with Gasteiger partial charge < -0.3 is 4.74 Å². The van der Waals surface area contributed by atoms with Gasteiger partial charge in [-0.05, 0) is 25.8 Å². The lowest BCUT2D eigenvalue weighted by atomic mass is 10.1. The average Bonchev–Trinajstić information content (AvgIpc) is 2.72. The van der Waals surface area contributed by atoms with Crippen molar-refractivity contribution < 1.29 is 18.4 Å². The Morgan fingerprint density at radius 3 is 2.84 bits per heavy atom. The van der Waals surface area contributed by atoms with E-state index in [2.05, 4.69) is 14.4 Å². The topological polar surface area (TPSA) is 74.3 Å². The van der Waals surface area contributed by atoms with E-state index >= 15 is 0 Å². The Balaban J connectivity index is 2.50. The number of halogens is 1. The van der Waals surface area contributed by atoms with Crippen LogP contribution in [0.5, 0.6) is 0 Å². The number of carbonyl (C=O) groups excluding carboxylic acids is 1. The number of ether oxygens (including phenoxy) is 1. The fraction of sp³-hybridized carbons (Fsp3) is 0.583. The maximum absolute atomic E-state index is 13.5. The average molecular weight is 272 g/mol. The summed E-state index contributed by atoms with van der Waals surface area (Å²) in [4.78, 5) is 22.3. The minimum absolute atomic E-state index is 0.0621. The lowest BCUT2D eigenvalue weighted by Gasteiger charge is -2.07. The van der Waals surface area contributed by atoms with Crippen LogP contribution in [-0.2, 0) is 16.1 Å². The van der Waals surface area contributed by atoms with E-state index in [0.717, 1.165) is 0 Å². The summed E-state index contributed by atoms with van der Waals surface area (Å²) in [6, 6.07) is 0. The third-order valence-corrected chi connectivity index (χ3v) is 2.78. The van der Waals surface area contributed by atoms with Gasteiger partial charge in [-0.2, -0.15) is 0 Å². The van der Waals surface area contributed by atoms with Crippen LogP contribution in [0.2, 0.25) is 0 Å². The van der Waals surface area contributed by atoms with Crippen LogP contribution in [0, 0.1) is 12.8 Å². The molecule has 1 aromatic heterocycles. The quantitative estimate of drug-likeness (QED) is 0.735. The molecule has 0 fully saturated rings. The predicted octanol–water partition coefficient (Wildman–Crippen LogP) is 1.59. The van der Waals surface area contributed by atoms with Crippen LogP contribution >= 0.6 is 0 Å². The number of carbonyl (C=O) groups is 1. The molecule has 0 aliphatic rings. The molecule has 1 atom stereocenters. The Bertz CT molecular complexity index is 518. The molecule has 0 aromatic carbocycles. The van der Waals surface area contributed by atoms with Crippen LogP contribution in [0.4, 0.5) is 4.39 Å². The number of allylic oxidation sites excluding steroid dienone is 2. The number of aryl methyl sites for hydroxylation is 1. The lowest BCUT2D eigenvalue weighted by Crippen LogP contribution is -2.15. The monoisotopic (exact) mass is 272 g/mol. The van der Waals surface area contributed by atoms with E-state index in [0.29, 0.717) is 12.2 Å². The first kappa shape index (κ1) is 15.1. The summed E-state index contributed by atoms with van der Waals surface area (Å²) in [7, 11) is 1.30. The lowest BCUT2D eigenvalue weighted by molar-refractivity contribution is -0.145. The smallest absolute Gasteiger partial charge is 0.441 e. The first-order chi connectivity index (χ1) is 8.95. The normalized spacial score (nSPS) is 13.4. The second-order valence-electron chi connectivity index (χ2n) is 4.22. The summed E-state index contributed by atoms with van der Waals surface area (Å²) < 4.78 is 23.7. The molecule has 106 valence electrons. The SMILES string of the molecule is COC(=O)[C@@H](C)CCC(F)=CCn1c(C)noc1=O. The zero-order chi connectivity index (χ0) is 14.4. The zero-order valence-corrected chi connectivity index (χ0v) is 11.2. The number of hydrogen-bond donors (Lipinski definition) is 0. The number of nitrogens with zero attached hydrogens (tertiary/aromatic N) is 2. The van der Waals surface area contributed by atoms with Crippen LogP contribution < -0.4 is 5.76 Å². The second-order valence-corrected chi connectivity index (χ2v) is 4.22. The highest BCUT2D eigenvalue weighted by atomic mass is 19.1. The Hall–Kier alpha value is -1.92. The van der Waals surface area contributed by atoms with E-state index in [1.165, 1.54) is 17.8 Å². The molecule has 19 heavy (non-hydrogen) atoms. The molecule has 6 nitrogen and oxygen atoms in total. The van der Waals surface area contributed by atoms with Crippen molar-refractivity contribution in [3.8, 4) is 0 Å². The molecule has 0 saturated carbocycles. The number of aromatic nitrogens is 2. The highest BCUT2D eigenvalue weighted by molar-refractivity contribution is 5.71. The molecule has 0 aliphatic heterocycles. The van der Waals surface area contributed by atoms with E-state index in [1.54, 1.807) is 13.8 Å². The third-order valence-electron chi connectivity index (χ3n) is 2.78. The molecule has 1 aromatic rings. The number of esters is 1. The van der Waals surface area contributed by atoms with Crippen molar-refractivity contribution in [3.63, 3.8) is 0 Å². The second kappa shape index (κ2) is 6.86. The maximum Gasteiger partial charge on any atom is 0.441 e. The molecule has 7 heteroatoms. The fourth-order valence-corrected chi connectivity index (χ4v) is 1.51.